The van der Waals surface area contributed by atoms with E-state index in [0.717, 1.165) is 35.4 Å². The molecule has 1 nitrogen and oxygen atoms in total. The molecule has 21 heavy (non-hydrogen) atoms. The van der Waals surface area contributed by atoms with Crippen LogP contribution in [0.4, 0.5) is 4.39 Å². The fourth-order valence-corrected chi connectivity index (χ4v) is 3.91. The summed E-state index contributed by atoms with van der Waals surface area (Å²) in [4.78, 5) is 0. The van der Waals surface area contributed by atoms with Crippen LogP contribution in [0.3, 0.4) is 0 Å². The van der Waals surface area contributed by atoms with Crippen LogP contribution in [0, 0.1) is 31.5 Å². The van der Waals surface area contributed by atoms with Gasteiger partial charge in [0.15, 0.2) is 0 Å². The first-order valence-corrected chi connectivity index (χ1v) is 8.47. The van der Waals surface area contributed by atoms with Gasteiger partial charge in [-0.2, -0.15) is 0 Å². The molecule has 1 atom stereocenters. The van der Waals surface area contributed by atoms with Gasteiger partial charge >= 0.3 is 0 Å². The van der Waals surface area contributed by atoms with Crippen molar-refractivity contribution in [3.05, 3.63) is 34.6 Å². The van der Waals surface area contributed by atoms with Crippen molar-refractivity contribution in [2.24, 2.45) is 11.8 Å². The Kier molecular flexibility index (Phi) is 5.80. The minimum atomic E-state index is -0.433. The minimum Gasteiger partial charge on any atom is -0.388 e. The highest BCUT2D eigenvalue weighted by Crippen LogP contribution is 2.40. The summed E-state index contributed by atoms with van der Waals surface area (Å²) >= 11 is 0. The van der Waals surface area contributed by atoms with Gasteiger partial charge in [-0.3, -0.25) is 0 Å². The molecule has 0 saturated heterocycles. The summed E-state index contributed by atoms with van der Waals surface area (Å²) in [5.74, 6) is 0.985. The molecular formula is C19H29FO. The lowest BCUT2D eigenvalue weighted by molar-refractivity contribution is 0.0710. The number of benzene rings is 1. The lowest BCUT2D eigenvalue weighted by Gasteiger charge is -2.33. The van der Waals surface area contributed by atoms with Crippen molar-refractivity contribution in [1.82, 2.24) is 0 Å². The van der Waals surface area contributed by atoms with E-state index in [0.29, 0.717) is 5.92 Å². The number of hydrogen-bond donors (Lipinski definition) is 1. The maximum Gasteiger partial charge on any atom is 0.123 e. The zero-order chi connectivity index (χ0) is 15.4. The Morgan fingerprint density at radius 2 is 1.71 bits per heavy atom. The third-order valence-electron chi connectivity index (χ3n) is 5.16. The van der Waals surface area contributed by atoms with E-state index in [1.165, 1.54) is 32.1 Å². The third-order valence-corrected chi connectivity index (χ3v) is 5.16. The molecule has 1 aliphatic carbocycles. The molecule has 1 saturated carbocycles. The Hall–Kier alpha value is -0.890. The van der Waals surface area contributed by atoms with Gasteiger partial charge in [0.1, 0.15) is 5.82 Å². The Balaban J connectivity index is 2.00. The second-order valence-corrected chi connectivity index (χ2v) is 6.82. The molecule has 0 radical (unpaired) electrons. The molecule has 0 amide bonds. The molecule has 0 aliphatic heterocycles. The van der Waals surface area contributed by atoms with Crippen molar-refractivity contribution >= 4 is 0 Å². The first kappa shape index (κ1) is 16.5. The molecule has 0 spiro atoms. The summed E-state index contributed by atoms with van der Waals surface area (Å²) in [5, 5.41) is 10.7. The maximum absolute atomic E-state index is 13.4. The summed E-state index contributed by atoms with van der Waals surface area (Å²) in [6, 6.07) is 3.08. The number of rotatable bonds is 5. The van der Waals surface area contributed by atoms with Crippen molar-refractivity contribution in [2.75, 3.05) is 0 Å². The quantitative estimate of drug-likeness (QED) is 0.762. The molecule has 0 bridgehead atoms. The average Bonchev–Trinajstić information content (AvgIpc) is 2.44. The number of halogens is 1. The smallest absolute Gasteiger partial charge is 0.123 e. The van der Waals surface area contributed by atoms with Gasteiger partial charge in [0, 0.05) is 0 Å². The van der Waals surface area contributed by atoms with Crippen LogP contribution >= 0.6 is 0 Å². The number of unbranched alkanes of at least 4 members (excludes halogenated alkanes) is 1. The molecular weight excluding hydrogens is 263 g/mol. The minimum absolute atomic E-state index is 0.204. The zero-order valence-electron chi connectivity index (χ0n) is 13.7. The monoisotopic (exact) mass is 292 g/mol. The van der Waals surface area contributed by atoms with Crippen LogP contribution in [0.5, 0.6) is 0 Å². The fraction of sp³-hybridized carbons (Fsp3) is 0.684. The van der Waals surface area contributed by atoms with Crippen LogP contribution in [-0.2, 0) is 0 Å². The first-order chi connectivity index (χ1) is 10.0. The van der Waals surface area contributed by atoms with Crippen molar-refractivity contribution < 1.29 is 9.50 Å². The molecule has 0 heterocycles. The van der Waals surface area contributed by atoms with Gasteiger partial charge in [0.2, 0.25) is 0 Å². The Morgan fingerprint density at radius 1 is 1.14 bits per heavy atom. The summed E-state index contributed by atoms with van der Waals surface area (Å²) in [5.41, 5.74) is 2.72. The van der Waals surface area contributed by atoms with Gasteiger partial charge in [-0.25, -0.2) is 4.39 Å². The van der Waals surface area contributed by atoms with E-state index in [1.807, 2.05) is 13.8 Å². The Labute approximate surface area is 128 Å². The van der Waals surface area contributed by atoms with Crippen LogP contribution in [0.1, 0.15) is 74.7 Å². The van der Waals surface area contributed by atoms with Gasteiger partial charge < -0.3 is 5.11 Å². The second-order valence-electron chi connectivity index (χ2n) is 6.82. The lowest BCUT2D eigenvalue weighted by Crippen LogP contribution is -2.21. The Bertz CT molecular complexity index is 438. The lowest BCUT2D eigenvalue weighted by atomic mass is 9.75. The topological polar surface area (TPSA) is 20.2 Å². The van der Waals surface area contributed by atoms with Crippen LogP contribution in [0.25, 0.3) is 0 Å². The van der Waals surface area contributed by atoms with Crippen molar-refractivity contribution in [3.8, 4) is 0 Å². The highest BCUT2D eigenvalue weighted by Gasteiger charge is 2.28. The number of aryl methyl sites for hydroxylation is 2. The van der Waals surface area contributed by atoms with Gasteiger partial charge in [-0.1, -0.05) is 39.0 Å². The van der Waals surface area contributed by atoms with Gasteiger partial charge in [0.25, 0.3) is 0 Å². The molecule has 1 N–H and O–H groups in total. The second kappa shape index (κ2) is 7.40. The van der Waals surface area contributed by atoms with E-state index in [4.69, 9.17) is 0 Å². The predicted molar refractivity (Wildman–Crippen MR) is 85.8 cm³/mol. The molecule has 1 unspecified atom stereocenters. The molecule has 2 heteroatoms. The van der Waals surface area contributed by atoms with Crippen molar-refractivity contribution in [2.45, 2.75) is 71.8 Å². The predicted octanol–water partition coefficient (Wildman–Crippen LogP) is 5.47. The van der Waals surface area contributed by atoms with E-state index in [1.54, 1.807) is 12.1 Å². The average molecular weight is 292 g/mol. The molecule has 2 rings (SSSR count). The molecule has 118 valence electrons. The van der Waals surface area contributed by atoms with E-state index in [2.05, 4.69) is 6.92 Å². The van der Waals surface area contributed by atoms with Crippen LogP contribution in [-0.4, -0.2) is 5.11 Å². The molecule has 0 aromatic heterocycles. The van der Waals surface area contributed by atoms with E-state index in [-0.39, 0.29) is 5.82 Å². The van der Waals surface area contributed by atoms with Crippen LogP contribution in [0.2, 0.25) is 0 Å². The summed E-state index contributed by atoms with van der Waals surface area (Å²) in [7, 11) is 0. The van der Waals surface area contributed by atoms with Gasteiger partial charge in [-0.05, 0) is 67.3 Å². The number of aliphatic hydroxyl groups excluding tert-OH is 1. The van der Waals surface area contributed by atoms with Crippen LogP contribution < -0.4 is 0 Å². The van der Waals surface area contributed by atoms with E-state index in [9.17, 15) is 9.50 Å². The normalized spacial score (nSPS) is 24.0. The van der Waals surface area contributed by atoms with Crippen LogP contribution in [0.15, 0.2) is 12.1 Å². The molecule has 1 fully saturated rings. The maximum atomic E-state index is 13.4. The fourth-order valence-electron chi connectivity index (χ4n) is 3.91. The van der Waals surface area contributed by atoms with E-state index >= 15 is 0 Å². The van der Waals surface area contributed by atoms with Gasteiger partial charge in [0.05, 0.1) is 6.10 Å². The Morgan fingerprint density at radius 3 is 2.24 bits per heavy atom. The standard InChI is InChI=1S/C19H29FO/c1-4-5-6-15-7-9-16(10-8-15)19(21)18-13(2)11-17(20)12-14(18)3/h11-12,15-16,19,21H,4-10H2,1-3H3. The molecule has 1 aromatic carbocycles. The summed E-state index contributed by atoms with van der Waals surface area (Å²) < 4.78 is 13.4. The van der Waals surface area contributed by atoms with E-state index < -0.39 is 6.10 Å². The summed E-state index contributed by atoms with van der Waals surface area (Å²) in [6.07, 6.45) is 8.19. The highest BCUT2D eigenvalue weighted by atomic mass is 19.1. The number of hydrogen-bond acceptors (Lipinski definition) is 1. The SMILES string of the molecule is CCCCC1CCC(C(O)c2c(C)cc(F)cc2C)CC1. The van der Waals surface area contributed by atoms with Crippen molar-refractivity contribution in [1.29, 1.82) is 0 Å². The summed E-state index contributed by atoms with van der Waals surface area (Å²) in [6.45, 7) is 6.05. The molecule has 1 aliphatic rings. The van der Waals surface area contributed by atoms with Crippen molar-refractivity contribution in [3.63, 3.8) is 0 Å². The zero-order valence-corrected chi connectivity index (χ0v) is 13.7. The largest absolute Gasteiger partial charge is 0.388 e. The third kappa shape index (κ3) is 4.06. The molecule has 1 aromatic rings. The highest BCUT2D eigenvalue weighted by molar-refractivity contribution is 5.36. The van der Waals surface area contributed by atoms with Gasteiger partial charge in [-0.15, -0.1) is 0 Å². The number of aliphatic hydroxyl groups is 1. The first-order valence-electron chi connectivity index (χ1n) is 8.47.